The Morgan fingerprint density at radius 3 is 2.78 bits per heavy atom. The summed E-state index contributed by atoms with van der Waals surface area (Å²) >= 11 is 8.28. The monoisotopic (exact) mass is 554 g/mol. The van der Waals surface area contributed by atoms with Crippen molar-refractivity contribution in [3.05, 3.63) is 93.4 Å². The van der Waals surface area contributed by atoms with Crippen molar-refractivity contribution >= 4 is 61.7 Å². The molecule has 2 aromatic heterocycles. The summed E-state index contributed by atoms with van der Waals surface area (Å²) in [5, 5.41) is 3.54. The van der Waals surface area contributed by atoms with Gasteiger partial charge < -0.3 is 14.5 Å². The average Bonchev–Trinajstić information content (AvgIpc) is 3.21. The van der Waals surface area contributed by atoms with Crippen molar-refractivity contribution in [1.29, 1.82) is 0 Å². The molecular formula is C25H16ClIN2O3. The molecule has 7 heteroatoms. The van der Waals surface area contributed by atoms with Crippen molar-refractivity contribution in [3.8, 4) is 17.2 Å². The van der Waals surface area contributed by atoms with E-state index in [0.717, 1.165) is 25.2 Å². The maximum atomic E-state index is 12.9. The SMILES string of the molecule is O=C(COc1cc2ccc(Cl)cc2cc1I)c1c[nH]c2cc(Oc3cccnc3)ccc12. The molecule has 0 saturated heterocycles. The van der Waals surface area contributed by atoms with E-state index in [0.29, 0.717) is 27.8 Å². The summed E-state index contributed by atoms with van der Waals surface area (Å²) in [5.41, 5.74) is 1.39. The van der Waals surface area contributed by atoms with Crippen LogP contribution in [0.4, 0.5) is 0 Å². The highest BCUT2D eigenvalue weighted by Gasteiger charge is 2.15. The van der Waals surface area contributed by atoms with E-state index >= 15 is 0 Å². The summed E-state index contributed by atoms with van der Waals surface area (Å²) in [4.78, 5) is 20.1. The van der Waals surface area contributed by atoms with Gasteiger partial charge in [0.15, 0.2) is 6.61 Å². The van der Waals surface area contributed by atoms with E-state index in [1.54, 1.807) is 18.6 Å². The molecule has 0 saturated carbocycles. The summed E-state index contributed by atoms with van der Waals surface area (Å²) in [6.45, 7) is -0.0595. The summed E-state index contributed by atoms with van der Waals surface area (Å²) < 4.78 is 12.6. The van der Waals surface area contributed by atoms with E-state index in [-0.39, 0.29) is 12.4 Å². The number of pyridine rings is 1. The van der Waals surface area contributed by atoms with Crippen LogP contribution in [0.5, 0.6) is 17.2 Å². The number of hydrogen-bond donors (Lipinski definition) is 1. The van der Waals surface area contributed by atoms with Crippen molar-refractivity contribution in [2.75, 3.05) is 6.61 Å². The minimum absolute atomic E-state index is 0.0595. The highest BCUT2D eigenvalue weighted by atomic mass is 127. The lowest BCUT2D eigenvalue weighted by molar-refractivity contribution is 0.0922. The van der Waals surface area contributed by atoms with Crippen LogP contribution in [0, 0.1) is 3.57 Å². The summed E-state index contributed by atoms with van der Waals surface area (Å²) in [7, 11) is 0. The number of hydrogen-bond acceptors (Lipinski definition) is 4. The van der Waals surface area contributed by atoms with Gasteiger partial charge in [0.1, 0.15) is 17.2 Å². The number of ketones is 1. The van der Waals surface area contributed by atoms with E-state index in [4.69, 9.17) is 21.1 Å². The minimum Gasteiger partial charge on any atom is -0.484 e. The van der Waals surface area contributed by atoms with E-state index in [2.05, 4.69) is 32.6 Å². The number of carbonyl (C=O) groups is 1. The first-order chi connectivity index (χ1) is 15.6. The first-order valence-corrected chi connectivity index (χ1v) is 11.3. The normalized spacial score (nSPS) is 11.1. The van der Waals surface area contributed by atoms with Gasteiger partial charge in [-0.2, -0.15) is 0 Å². The second-order valence-corrected chi connectivity index (χ2v) is 8.79. The standard InChI is InChI=1S/C25H16ClIN2O3/c26-17-4-3-15-10-25(22(27)9-16(15)8-17)31-14-24(30)21-13-29-23-11-18(5-6-20(21)23)32-19-2-1-7-28-12-19/h1-13,29H,14H2. The number of carbonyl (C=O) groups excluding carboxylic acids is 1. The zero-order valence-corrected chi connectivity index (χ0v) is 19.6. The molecular weight excluding hydrogens is 539 g/mol. The van der Waals surface area contributed by atoms with Crippen molar-refractivity contribution in [3.63, 3.8) is 0 Å². The zero-order chi connectivity index (χ0) is 22.1. The second kappa shape index (κ2) is 8.80. The van der Waals surface area contributed by atoms with Crippen molar-refractivity contribution in [2.24, 2.45) is 0 Å². The highest BCUT2D eigenvalue weighted by molar-refractivity contribution is 14.1. The largest absolute Gasteiger partial charge is 0.484 e. The third-order valence-electron chi connectivity index (χ3n) is 5.04. The molecule has 0 amide bonds. The molecule has 5 aromatic rings. The first-order valence-electron chi connectivity index (χ1n) is 9.81. The molecule has 0 aliphatic rings. The van der Waals surface area contributed by atoms with Crippen LogP contribution < -0.4 is 9.47 Å². The lowest BCUT2D eigenvalue weighted by atomic mass is 10.1. The quantitative estimate of drug-likeness (QED) is 0.181. The summed E-state index contributed by atoms with van der Waals surface area (Å²) in [6, 6.07) is 18.8. The maximum absolute atomic E-state index is 12.9. The Bertz CT molecular complexity index is 1450. The predicted octanol–water partition coefficient (Wildman–Crippen LogP) is 7.03. The molecule has 32 heavy (non-hydrogen) atoms. The van der Waals surface area contributed by atoms with Gasteiger partial charge in [-0.25, -0.2) is 0 Å². The van der Waals surface area contributed by atoms with E-state index < -0.39 is 0 Å². The summed E-state index contributed by atoms with van der Waals surface area (Å²) in [6.07, 6.45) is 5.04. The smallest absolute Gasteiger partial charge is 0.202 e. The van der Waals surface area contributed by atoms with Gasteiger partial charge in [0.2, 0.25) is 5.78 Å². The number of halogens is 2. The number of aromatic amines is 1. The fourth-order valence-electron chi connectivity index (χ4n) is 3.49. The van der Waals surface area contributed by atoms with Crippen molar-refractivity contribution in [1.82, 2.24) is 9.97 Å². The number of rotatable bonds is 6. The molecule has 0 spiro atoms. The van der Waals surface area contributed by atoms with E-state index in [9.17, 15) is 4.79 Å². The number of ether oxygens (including phenoxy) is 2. The Kier molecular flexibility index (Phi) is 5.71. The molecule has 0 aliphatic carbocycles. The summed E-state index contributed by atoms with van der Waals surface area (Å²) in [5.74, 6) is 1.87. The molecule has 5 nitrogen and oxygen atoms in total. The highest BCUT2D eigenvalue weighted by Crippen LogP contribution is 2.30. The Hall–Kier alpha value is -3.10. The molecule has 0 bridgehead atoms. The third-order valence-corrected chi connectivity index (χ3v) is 6.11. The lowest BCUT2D eigenvalue weighted by Gasteiger charge is -2.09. The number of H-pyrrole nitrogens is 1. The fourth-order valence-corrected chi connectivity index (χ4v) is 4.32. The van der Waals surface area contributed by atoms with Crippen LogP contribution in [0.15, 0.2) is 79.3 Å². The zero-order valence-electron chi connectivity index (χ0n) is 16.6. The predicted molar refractivity (Wildman–Crippen MR) is 134 cm³/mol. The second-order valence-electron chi connectivity index (χ2n) is 7.19. The minimum atomic E-state index is -0.107. The fraction of sp³-hybridized carbons (Fsp3) is 0.0400. The Balaban J connectivity index is 1.33. The van der Waals surface area contributed by atoms with Gasteiger partial charge in [-0.3, -0.25) is 9.78 Å². The van der Waals surface area contributed by atoms with Crippen LogP contribution in [0.3, 0.4) is 0 Å². The lowest BCUT2D eigenvalue weighted by Crippen LogP contribution is -2.11. The Labute approximate surface area is 202 Å². The number of nitrogens with zero attached hydrogens (tertiary/aromatic N) is 1. The van der Waals surface area contributed by atoms with Crippen LogP contribution in [0.25, 0.3) is 21.7 Å². The van der Waals surface area contributed by atoms with Gasteiger partial charge in [-0.15, -0.1) is 0 Å². The third kappa shape index (κ3) is 4.28. The molecule has 0 aliphatic heterocycles. The first kappa shape index (κ1) is 20.8. The molecule has 5 rings (SSSR count). The Morgan fingerprint density at radius 1 is 1.03 bits per heavy atom. The van der Waals surface area contributed by atoms with Gasteiger partial charge in [-0.05, 0) is 81.9 Å². The van der Waals surface area contributed by atoms with Gasteiger partial charge in [0.25, 0.3) is 0 Å². The molecule has 0 fully saturated rings. The van der Waals surface area contributed by atoms with Crippen molar-refractivity contribution in [2.45, 2.75) is 0 Å². The maximum Gasteiger partial charge on any atom is 0.202 e. The molecule has 158 valence electrons. The van der Waals surface area contributed by atoms with Crippen LogP contribution in [-0.2, 0) is 0 Å². The molecule has 0 radical (unpaired) electrons. The molecule has 0 atom stereocenters. The molecule has 3 aromatic carbocycles. The number of nitrogens with one attached hydrogen (secondary N) is 1. The number of fused-ring (bicyclic) bond motifs is 2. The molecule has 1 N–H and O–H groups in total. The topological polar surface area (TPSA) is 64.2 Å². The average molecular weight is 555 g/mol. The number of Topliss-reactive ketones (excluding diaryl/α,β-unsaturated/α-hetero) is 1. The van der Waals surface area contributed by atoms with Crippen LogP contribution >= 0.6 is 34.2 Å². The van der Waals surface area contributed by atoms with E-state index in [1.165, 1.54) is 0 Å². The van der Waals surface area contributed by atoms with E-state index in [1.807, 2.05) is 60.7 Å². The Morgan fingerprint density at radius 2 is 1.94 bits per heavy atom. The van der Waals surface area contributed by atoms with Crippen LogP contribution in [-0.4, -0.2) is 22.4 Å². The van der Waals surface area contributed by atoms with Crippen molar-refractivity contribution < 1.29 is 14.3 Å². The van der Waals surface area contributed by atoms with Gasteiger partial charge in [0, 0.05) is 39.9 Å². The van der Waals surface area contributed by atoms with Crippen LogP contribution in [0.1, 0.15) is 10.4 Å². The molecule has 0 unspecified atom stereocenters. The number of aromatic nitrogens is 2. The van der Waals surface area contributed by atoms with Gasteiger partial charge >= 0.3 is 0 Å². The van der Waals surface area contributed by atoms with Gasteiger partial charge in [0.05, 0.1) is 9.77 Å². The van der Waals surface area contributed by atoms with Crippen LogP contribution in [0.2, 0.25) is 5.02 Å². The molecule has 2 heterocycles. The number of benzene rings is 3. The van der Waals surface area contributed by atoms with Gasteiger partial charge in [-0.1, -0.05) is 17.7 Å².